The first-order valence-corrected chi connectivity index (χ1v) is 7.82. The number of halogens is 1. The molecule has 1 heterocycles. The molecule has 0 saturated carbocycles. The molecule has 1 aromatic carbocycles. The Morgan fingerprint density at radius 3 is 2.81 bits per heavy atom. The van der Waals surface area contributed by atoms with Gasteiger partial charge in [-0.3, -0.25) is 4.68 Å². The molecule has 0 fully saturated rings. The molecule has 1 aromatic heterocycles. The van der Waals surface area contributed by atoms with Crippen molar-refractivity contribution in [2.75, 3.05) is 6.61 Å². The largest absolute Gasteiger partial charge is 0.395 e. The highest BCUT2D eigenvalue weighted by atomic mass is 35.5. The number of nitrogens with zero attached hydrogens (tertiary/aromatic N) is 2. The molecule has 3 nitrogen and oxygen atoms in total. The van der Waals surface area contributed by atoms with Crippen molar-refractivity contribution >= 4 is 11.6 Å². The lowest BCUT2D eigenvalue weighted by molar-refractivity contribution is 0.173. The van der Waals surface area contributed by atoms with Crippen LogP contribution in [0.2, 0.25) is 5.15 Å². The first-order chi connectivity index (χ1) is 10.1. The molecule has 1 unspecified atom stereocenters. The highest BCUT2D eigenvalue weighted by molar-refractivity contribution is 6.30. The molecule has 2 aromatic rings. The van der Waals surface area contributed by atoms with E-state index >= 15 is 0 Å². The fraction of sp³-hybridized carbons (Fsp3) is 0.471. The lowest BCUT2D eigenvalue weighted by Gasteiger charge is -2.38. The molecular weight excluding hydrogens is 284 g/mol. The quantitative estimate of drug-likeness (QED) is 0.945. The van der Waals surface area contributed by atoms with Crippen LogP contribution in [-0.4, -0.2) is 21.5 Å². The van der Waals surface area contributed by atoms with Gasteiger partial charge in [-0.1, -0.05) is 35.9 Å². The van der Waals surface area contributed by atoms with Crippen LogP contribution in [-0.2, 0) is 25.3 Å². The number of rotatable bonds is 3. The van der Waals surface area contributed by atoms with Crippen molar-refractivity contribution < 1.29 is 5.11 Å². The summed E-state index contributed by atoms with van der Waals surface area (Å²) in [6.45, 7) is 2.13. The maximum absolute atomic E-state index is 10.2. The molecule has 0 aliphatic heterocycles. The monoisotopic (exact) mass is 304 g/mol. The first kappa shape index (κ1) is 14.6. The molecule has 3 rings (SSSR count). The normalized spacial score (nSPS) is 21.3. The van der Waals surface area contributed by atoms with Crippen molar-refractivity contribution in [3.8, 4) is 0 Å². The first-order valence-electron chi connectivity index (χ1n) is 7.44. The molecule has 0 spiro atoms. The molecule has 0 amide bonds. The van der Waals surface area contributed by atoms with Crippen molar-refractivity contribution in [2.45, 2.75) is 38.0 Å². The highest BCUT2D eigenvalue weighted by Gasteiger charge is 2.37. The van der Waals surface area contributed by atoms with E-state index in [1.807, 2.05) is 14.0 Å². The van der Waals surface area contributed by atoms with Gasteiger partial charge < -0.3 is 5.11 Å². The van der Waals surface area contributed by atoms with Gasteiger partial charge >= 0.3 is 0 Å². The van der Waals surface area contributed by atoms with Crippen LogP contribution >= 0.6 is 11.6 Å². The number of fused-ring (bicyclic) bond motifs is 1. The molecule has 0 radical (unpaired) electrons. The summed E-state index contributed by atoms with van der Waals surface area (Å²) in [5.74, 6) is 0. The Kier molecular flexibility index (Phi) is 3.80. The van der Waals surface area contributed by atoms with Crippen molar-refractivity contribution in [3.63, 3.8) is 0 Å². The second-order valence-electron chi connectivity index (χ2n) is 6.10. The van der Waals surface area contributed by atoms with Gasteiger partial charge in [0.2, 0.25) is 0 Å². The highest BCUT2D eigenvalue weighted by Crippen LogP contribution is 2.41. The lowest BCUT2D eigenvalue weighted by Crippen LogP contribution is -2.37. The fourth-order valence-electron chi connectivity index (χ4n) is 3.62. The minimum atomic E-state index is -0.230. The van der Waals surface area contributed by atoms with E-state index in [1.165, 1.54) is 11.1 Å². The minimum absolute atomic E-state index is 0.147. The van der Waals surface area contributed by atoms with E-state index in [-0.39, 0.29) is 12.0 Å². The molecule has 1 atom stereocenters. The van der Waals surface area contributed by atoms with E-state index in [9.17, 15) is 5.11 Å². The van der Waals surface area contributed by atoms with Gasteiger partial charge in [0.1, 0.15) is 5.15 Å². The predicted molar refractivity (Wildman–Crippen MR) is 84.8 cm³/mol. The molecule has 1 aliphatic rings. The SMILES string of the molecule is Cc1nn(C)c(Cl)c1CC1(CO)CCCc2ccccc21. The maximum atomic E-state index is 10.2. The Morgan fingerprint density at radius 1 is 1.38 bits per heavy atom. The van der Waals surface area contributed by atoms with E-state index in [4.69, 9.17) is 11.6 Å². The van der Waals surface area contributed by atoms with E-state index in [0.717, 1.165) is 36.9 Å². The molecule has 0 saturated heterocycles. The van der Waals surface area contributed by atoms with Crippen LogP contribution in [0.15, 0.2) is 24.3 Å². The van der Waals surface area contributed by atoms with E-state index in [1.54, 1.807) is 4.68 Å². The Labute approximate surface area is 130 Å². The van der Waals surface area contributed by atoms with E-state index in [0.29, 0.717) is 5.15 Å². The summed E-state index contributed by atoms with van der Waals surface area (Å²) in [7, 11) is 1.86. The van der Waals surface area contributed by atoms with Gasteiger partial charge in [-0.15, -0.1) is 0 Å². The molecule has 1 aliphatic carbocycles. The number of aliphatic hydroxyl groups excluding tert-OH is 1. The summed E-state index contributed by atoms with van der Waals surface area (Å²) in [5, 5.41) is 15.3. The zero-order valence-corrected chi connectivity index (χ0v) is 13.3. The van der Waals surface area contributed by atoms with Crippen molar-refractivity contribution in [2.24, 2.45) is 7.05 Å². The minimum Gasteiger partial charge on any atom is -0.395 e. The van der Waals surface area contributed by atoms with Crippen LogP contribution in [0, 0.1) is 6.92 Å². The Balaban J connectivity index is 2.06. The van der Waals surface area contributed by atoms with Crippen LogP contribution in [0.5, 0.6) is 0 Å². The summed E-state index contributed by atoms with van der Waals surface area (Å²) in [6, 6.07) is 8.47. The van der Waals surface area contributed by atoms with Crippen LogP contribution in [0.4, 0.5) is 0 Å². The van der Waals surface area contributed by atoms with Crippen molar-refractivity contribution in [1.29, 1.82) is 0 Å². The van der Waals surface area contributed by atoms with Gasteiger partial charge in [-0.2, -0.15) is 5.10 Å². The lowest BCUT2D eigenvalue weighted by atomic mass is 9.67. The average Bonchev–Trinajstić information content (AvgIpc) is 2.74. The third kappa shape index (κ3) is 2.39. The van der Waals surface area contributed by atoms with Gasteiger partial charge in [0.05, 0.1) is 12.3 Å². The summed E-state index contributed by atoms with van der Waals surface area (Å²) in [6.07, 6.45) is 3.94. The van der Waals surface area contributed by atoms with Gasteiger partial charge in [0, 0.05) is 18.0 Å². The second kappa shape index (κ2) is 5.47. The van der Waals surface area contributed by atoms with E-state index in [2.05, 4.69) is 29.4 Å². The Hall–Kier alpha value is -1.32. The fourth-order valence-corrected chi connectivity index (χ4v) is 3.87. The number of hydrogen-bond acceptors (Lipinski definition) is 2. The predicted octanol–water partition coefficient (Wildman–Crippen LogP) is 3.19. The molecule has 4 heteroatoms. The van der Waals surface area contributed by atoms with Crippen molar-refractivity contribution in [1.82, 2.24) is 9.78 Å². The summed E-state index contributed by atoms with van der Waals surface area (Å²) < 4.78 is 1.71. The van der Waals surface area contributed by atoms with Gasteiger partial charge in [0.15, 0.2) is 0 Å². The molecular formula is C17H21ClN2O. The molecule has 0 bridgehead atoms. The Morgan fingerprint density at radius 2 is 2.14 bits per heavy atom. The van der Waals surface area contributed by atoms with Crippen LogP contribution in [0.3, 0.4) is 0 Å². The number of aromatic nitrogens is 2. The van der Waals surface area contributed by atoms with Gasteiger partial charge in [-0.25, -0.2) is 0 Å². The standard InChI is InChI=1S/C17H21ClN2O/c1-12-14(16(18)20(2)19-12)10-17(11-21)9-5-7-13-6-3-4-8-15(13)17/h3-4,6,8,21H,5,7,9-11H2,1-2H3. The average molecular weight is 305 g/mol. The van der Waals surface area contributed by atoms with Crippen LogP contribution < -0.4 is 0 Å². The molecule has 112 valence electrons. The smallest absolute Gasteiger partial charge is 0.130 e. The van der Waals surface area contributed by atoms with Gasteiger partial charge in [-0.05, 0) is 43.7 Å². The summed E-state index contributed by atoms with van der Waals surface area (Å²) >= 11 is 6.40. The topological polar surface area (TPSA) is 38.0 Å². The number of aliphatic hydroxyl groups is 1. The number of hydrogen-bond donors (Lipinski definition) is 1. The molecule has 21 heavy (non-hydrogen) atoms. The van der Waals surface area contributed by atoms with E-state index < -0.39 is 0 Å². The molecule has 1 N–H and O–H groups in total. The number of benzene rings is 1. The zero-order valence-electron chi connectivity index (χ0n) is 12.6. The summed E-state index contributed by atoms with van der Waals surface area (Å²) in [5.41, 5.74) is 4.42. The van der Waals surface area contributed by atoms with Crippen LogP contribution in [0.25, 0.3) is 0 Å². The maximum Gasteiger partial charge on any atom is 0.130 e. The van der Waals surface area contributed by atoms with Crippen molar-refractivity contribution in [3.05, 3.63) is 51.8 Å². The number of aryl methyl sites for hydroxylation is 3. The zero-order chi connectivity index (χ0) is 15.0. The third-order valence-electron chi connectivity index (χ3n) is 4.78. The summed E-state index contributed by atoms with van der Waals surface area (Å²) in [4.78, 5) is 0. The Bertz CT molecular complexity index is 665. The van der Waals surface area contributed by atoms with Gasteiger partial charge in [0.25, 0.3) is 0 Å². The van der Waals surface area contributed by atoms with Crippen LogP contribution in [0.1, 0.15) is 35.2 Å². The second-order valence-corrected chi connectivity index (χ2v) is 6.46. The third-order valence-corrected chi connectivity index (χ3v) is 5.25.